The number of carbonyl (C=O) groups excluding carboxylic acids is 2. The van der Waals surface area contributed by atoms with Crippen molar-refractivity contribution in [2.24, 2.45) is 0 Å². The highest BCUT2D eigenvalue weighted by molar-refractivity contribution is 5.94. The maximum absolute atomic E-state index is 13.5. The molecule has 4 nitrogen and oxygen atoms in total. The summed E-state index contributed by atoms with van der Waals surface area (Å²) in [5, 5.41) is 2.65. The summed E-state index contributed by atoms with van der Waals surface area (Å²) in [6.45, 7) is 4.60. The first-order valence-corrected chi connectivity index (χ1v) is 7.81. The van der Waals surface area contributed by atoms with Crippen molar-refractivity contribution in [1.29, 1.82) is 0 Å². The molecule has 0 bridgehead atoms. The van der Waals surface area contributed by atoms with E-state index in [1.807, 2.05) is 31.2 Å². The Balaban J connectivity index is 1.90. The zero-order valence-electron chi connectivity index (χ0n) is 13.9. The van der Waals surface area contributed by atoms with Crippen LogP contribution in [0.3, 0.4) is 0 Å². The zero-order valence-corrected chi connectivity index (χ0v) is 13.9. The van der Waals surface area contributed by atoms with Crippen molar-refractivity contribution in [2.45, 2.75) is 20.4 Å². The van der Waals surface area contributed by atoms with Crippen LogP contribution < -0.4 is 5.32 Å². The van der Waals surface area contributed by atoms with Crippen molar-refractivity contribution >= 4 is 11.8 Å². The van der Waals surface area contributed by atoms with Gasteiger partial charge in [-0.15, -0.1) is 0 Å². The van der Waals surface area contributed by atoms with Crippen LogP contribution in [0.4, 0.5) is 4.39 Å². The Morgan fingerprint density at radius 2 is 1.75 bits per heavy atom. The highest BCUT2D eigenvalue weighted by Gasteiger charge is 2.13. The maximum Gasteiger partial charge on any atom is 0.254 e. The average molecular weight is 328 g/mol. The Bertz CT molecular complexity index is 714. The highest BCUT2D eigenvalue weighted by Crippen LogP contribution is 2.08. The lowest BCUT2D eigenvalue weighted by Gasteiger charge is -2.21. The van der Waals surface area contributed by atoms with Gasteiger partial charge < -0.3 is 10.2 Å². The number of benzene rings is 2. The topological polar surface area (TPSA) is 49.4 Å². The molecular formula is C19H21FN2O2. The molecule has 0 fully saturated rings. The molecule has 0 radical (unpaired) electrons. The Hall–Kier alpha value is -2.69. The van der Waals surface area contributed by atoms with Gasteiger partial charge in [0.1, 0.15) is 5.82 Å². The van der Waals surface area contributed by atoms with Crippen LogP contribution in [0.25, 0.3) is 0 Å². The van der Waals surface area contributed by atoms with Crippen LogP contribution in [-0.4, -0.2) is 29.8 Å². The lowest BCUT2D eigenvalue weighted by molar-refractivity contribution is -0.129. The third kappa shape index (κ3) is 4.91. The molecule has 0 aromatic heterocycles. The zero-order chi connectivity index (χ0) is 17.5. The second-order valence-electron chi connectivity index (χ2n) is 5.66. The molecule has 0 atom stereocenters. The summed E-state index contributed by atoms with van der Waals surface area (Å²) in [6.07, 6.45) is 0. The molecule has 0 unspecified atom stereocenters. The molecule has 0 aliphatic carbocycles. The number of hydrogen-bond acceptors (Lipinski definition) is 2. The third-order valence-corrected chi connectivity index (χ3v) is 3.73. The van der Waals surface area contributed by atoms with Gasteiger partial charge in [0.15, 0.2) is 0 Å². The Kier molecular flexibility index (Phi) is 6.07. The first-order chi connectivity index (χ1) is 11.5. The smallest absolute Gasteiger partial charge is 0.254 e. The number of carbonyl (C=O) groups is 2. The van der Waals surface area contributed by atoms with E-state index < -0.39 is 11.7 Å². The van der Waals surface area contributed by atoms with Crippen LogP contribution in [0.2, 0.25) is 0 Å². The molecule has 2 aromatic carbocycles. The average Bonchev–Trinajstić information content (AvgIpc) is 2.56. The summed E-state index contributed by atoms with van der Waals surface area (Å²) in [5.74, 6) is -1.11. The molecule has 0 aliphatic heterocycles. The molecule has 0 aliphatic rings. The molecular weight excluding hydrogens is 307 g/mol. The molecule has 2 amide bonds. The molecule has 0 saturated carbocycles. The second kappa shape index (κ2) is 8.24. The molecule has 1 N–H and O–H groups in total. The number of halogens is 1. The van der Waals surface area contributed by atoms with E-state index in [1.165, 1.54) is 25.1 Å². The number of amides is 2. The van der Waals surface area contributed by atoms with Gasteiger partial charge in [-0.05, 0) is 24.6 Å². The fraction of sp³-hybridized carbons (Fsp3) is 0.263. The fourth-order valence-electron chi connectivity index (χ4n) is 2.31. The lowest BCUT2D eigenvalue weighted by Crippen LogP contribution is -2.37. The SMILES string of the molecule is CC(=O)N(CCNC(=O)c1ccccc1F)Cc1ccc(C)cc1. The minimum Gasteiger partial charge on any atom is -0.350 e. The minimum atomic E-state index is -0.557. The van der Waals surface area contributed by atoms with Gasteiger partial charge in [-0.25, -0.2) is 4.39 Å². The number of hydrogen-bond donors (Lipinski definition) is 1. The second-order valence-corrected chi connectivity index (χ2v) is 5.66. The molecule has 0 spiro atoms. The van der Waals surface area contributed by atoms with E-state index in [4.69, 9.17) is 0 Å². The fourth-order valence-corrected chi connectivity index (χ4v) is 2.31. The van der Waals surface area contributed by atoms with E-state index in [2.05, 4.69) is 5.32 Å². The monoisotopic (exact) mass is 328 g/mol. The predicted molar refractivity (Wildman–Crippen MR) is 91.0 cm³/mol. The standard InChI is InChI=1S/C19H21FN2O2/c1-14-7-9-16(10-8-14)13-22(15(2)23)12-11-21-19(24)17-5-3-4-6-18(17)20/h3-10H,11-13H2,1-2H3,(H,21,24). The van der Waals surface area contributed by atoms with Gasteiger partial charge in [-0.3, -0.25) is 9.59 Å². The van der Waals surface area contributed by atoms with Crippen LogP contribution in [0, 0.1) is 12.7 Å². The molecule has 2 aromatic rings. The summed E-state index contributed by atoms with van der Waals surface area (Å²) in [7, 11) is 0. The molecule has 24 heavy (non-hydrogen) atoms. The summed E-state index contributed by atoms with van der Waals surface area (Å²) >= 11 is 0. The molecule has 0 heterocycles. The van der Waals surface area contributed by atoms with Crippen LogP contribution in [-0.2, 0) is 11.3 Å². The van der Waals surface area contributed by atoms with Crippen LogP contribution in [0.1, 0.15) is 28.4 Å². The Morgan fingerprint density at radius 3 is 2.38 bits per heavy atom. The number of nitrogens with one attached hydrogen (secondary N) is 1. The molecule has 2 rings (SSSR count). The van der Waals surface area contributed by atoms with Gasteiger partial charge in [-0.2, -0.15) is 0 Å². The molecule has 0 saturated heterocycles. The van der Waals surface area contributed by atoms with E-state index in [0.717, 1.165) is 11.1 Å². The van der Waals surface area contributed by atoms with E-state index in [0.29, 0.717) is 13.1 Å². The van der Waals surface area contributed by atoms with Crippen molar-refractivity contribution in [3.8, 4) is 0 Å². The normalized spacial score (nSPS) is 10.3. The van der Waals surface area contributed by atoms with Crippen molar-refractivity contribution in [3.63, 3.8) is 0 Å². The van der Waals surface area contributed by atoms with Gasteiger partial charge >= 0.3 is 0 Å². The largest absolute Gasteiger partial charge is 0.350 e. The summed E-state index contributed by atoms with van der Waals surface area (Å²) in [6, 6.07) is 13.8. The van der Waals surface area contributed by atoms with Gasteiger partial charge in [-0.1, -0.05) is 42.0 Å². The number of aryl methyl sites for hydroxylation is 1. The summed E-state index contributed by atoms with van der Waals surface area (Å²) in [5.41, 5.74) is 2.19. The molecule has 126 valence electrons. The van der Waals surface area contributed by atoms with Crippen LogP contribution in [0.15, 0.2) is 48.5 Å². The van der Waals surface area contributed by atoms with Crippen molar-refractivity contribution < 1.29 is 14.0 Å². The maximum atomic E-state index is 13.5. The highest BCUT2D eigenvalue weighted by atomic mass is 19.1. The van der Waals surface area contributed by atoms with Crippen molar-refractivity contribution in [2.75, 3.05) is 13.1 Å². The first-order valence-electron chi connectivity index (χ1n) is 7.81. The lowest BCUT2D eigenvalue weighted by atomic mass is 10.1. The Morgan fingerprint density at radius 1 is 1.08 bits per heavy atom. The van der Waals surface area contributed by atoms with Gasteiger partial charge in [0.2, 0.25) is 5.91 Å². The van der Waals surface area contributed by atoms with Crippen molar-refractivity contribution in [1.82, 2.24) is 10.2 Å². The van der Waals surface area contributed by atoms with Crippen LogP contribution >= 0.6 is 0 Å². The van der Waals surface area contributed by atoms with Gasteiger partial charge in [0.25, 0.3) is 5.91 Å². The summed E-state index contributed by atoms with van der Waals surface area (Å²) in [4.78, 5) is 25.4. The van der Waals surface area contributed by atoms with Crippen molar-refractivity contribution in [3.05, 3.63) is 71.0 Å². The van der Waals surface area contributed by atoms with E-state index in [1.54, 1.807) is 11.0 Å². The van der Waals surface area contributed by atoms with E-state index in [9.17, 15) is 14.0 Å². The van der Waals surface area contributed by atoms with Crippen LogP contribution in [0.5, 0.6) is 0 Å². The predicted octanol–water partition coefficient (Wildman–Crippen LogP) is 2.91. The summed E-state index contributed by atoms with van der Waals surface area (Å²) < 4.78 is 13.5. The van der Waals surface area contributed by atoms with Gasteiger partial charge in [0, 0.05) is 26.6 Å². The first kappa shape index (κ1) is 17.7. The molecule has 5 heteroatoms. The minimum absolute atomic E-state index is 0.00501. The Labute approximate surface area is 141 Å². The number of nitrogens with zero attached hydrogens (tertiary/aromatic N) is 1. The third-order valence-electron chi connectivity index (χ3n) is 3.73. The van der Waals surface area contributed by atoms with Gasteiger partial charge in [0.05, 0.1) is 5.56 Å². The quantitative estimate of drug-likeness (QED) is 0.886. The number of rotatable bonds is 6. The van der Waals surface area contributed by atoms with E-state index >= 15 is 0 Å². The van der Waals surface area contributed by atoms with E-state index in [-0.39, 0.29) is 18.0 Å².